The van der Waals surface area contributed by atoms with E-state index in [0.29, 0.717) is 34.4 Å². The Morgan fingerprint density at radius 1 is 0.758 bits per heavy atom. The van der Waals surface area contributed by atoms with Gasteiger partial charge in [-0.1, -0.05) is 24.3 Å². The molecule has 3 N–H and O–H groups in total. The van der Waals surface area contributed by atoms with Gasteiger partial charge in [-0.3, -0.25) is 4.72 Å². The molecule has 0 aromatic heterocycles. The van der Waals surface area contributed by atoms with Crippen molar-refractivity contribution < 1.29 is 27.4 Å². The van der Waals surface area contributed by atoms with Crippen molar-refractivity contribution in [3.63, 3.8) is 0 Å². The van der Waals surface area contributed by atoms with Gasteiger partial charge in [-0.25, -0.2) is 8.42 Å². The summed E-state index contributed by atoms with van der Waals surface area (Å²) in [5.41, 5.74) is 7.94. The van der Waals surface area contributed by atoms with Gasteiger partial charge in [0.25, 0.3) is 10.0 Å². The first kappa shape index (κ1) is 23.8. The number of ether oxygens (including phenoxy) is 4. The van der Waals surface area contributed by atoms with Gasteiger partial charge in [0.15, 0.2) is 11.5 Å². The highest BCUT2D eigenvalue weighted by atomic mass is 32.2. The van der Waals surface area contributed by atoms with Crippen molar-refractivity contribution in [3.8, 4) is 23.0 Å². The largest absolute Gasteiger partial charge is 0.495 e. The van der Waals surface area contributed by atoms with E-state index in [1.165, 1.54) is 19.2 Å². The molecule has 0 bridgehead atoms. The summed E-state index contributed by atoms with van der Waals surface area (Å²) in [6.07, 6.45) is 3.68. The molecule has 0 aliphatic carbocycles. The van der Waals surface area contributed by atoms with E-state index in [2.05, 4.69) is 4.72 Å². The maximum absolute atomic E-state index is 12.8. The number of nitrogens with two attached hydrogens (primary N) is 1. The predicted octanol–water partition coefficient (Wildman–Crippen LogP) is 4.27. The molecule has 0 heterocycles. The third-order valence-corrected chi connectivity index (χ3v) is 6.15. The lowest BCUT2D eigenvalue weighted by atomic mass is 10.1. The van der Waals surface area contributed by atoms with Crippen LogP contribution >= 0.6 is 0 Å². The number of anilines is 2. The second-order valence-electron chi connectivity index (χ2n) is 6.93. The highest BCUT2D eigenvalue weighted by molar-refractivity contribution is 7.92. The fourth-order valence-electron chi connectivity index (χ4n) is 3.18. The smallest absolute Gasteiger partial charge is 0.262 e. The average molecular weight is 471 g/mol. The monoisotopic (exact) mass is 470 g/mol. The molecule has 0 atom stereocenters. The molecule has 0 spiro atoms. The number of nitrogens with one attached hydrogen (secondary N) is 1. The Balaban J connectivity index is 1.94. The summed E-state index contributed by atoms with van der Waals surface area (Å²) in [5.74, 6) is 1.94. The van der Waals surface area contributed by atoms with E-state index < -0.39 is 10.0 Å². The number of hydrogen-bond acceptors (Lipinski definition) is 7. The van der Waals surface area contributed by atoms with Gasteiger partial charge in [-0.05, 0) is 53.6 Å². The minimum Gasteiger partial charge on any atom is -0.495 e. The van der Waals surface area contributed by atoms with Crippen LogP contribution in [-0.4, -0.2) is 36.9 Å². The fraction of sp³-hybridized carbons (Fsp3) is 0.167. The number of nitrogen functional groups attached to an aromatic ring is 1. The molecule has 174 valence electrons. The average Bonchev–Trinajstić information content (AvgIpc) is 2.81. The van der Waals surface area contributed by atoms with Gasteiger partial charge in [0.1, 0.15) is 5.75 Å². The number of hydrogen-bond donors (Lipinski definition) is 2. The van der Waals surface area contributed by atoms with Crippen LogP contribution in [0.1, 0.15) is 11.1 Å². The van der Waals surface area contributed by atoms with Gasteiger partial charge in [0, 0.05) is 5.69 Å². The summed E-state index contributed by atoms with van der Waals surface area (Å²) in [7, 11) is 2.25. The maximum atomic E-state index is 12.8. The summed E-state index contributed by atoms with van der Waals surface area (Å²) < 4.78 is 49.7. The molecule has 3 aromatic rings. The molecular formula is C24H26N2O6S. The number of rotatable bonds is 9. The van der Waals surface area contributed by atoms with E-state index in [1.54, 1.807) is 45.6 Å². The summed E-state index contributed by atoms with van der Waals surface area (Å²) in [6.45, 7) is 0. The Labute approximate surface area is 193 Å². The molecule has 0 radical (unpaired) electrons. The van der Waals surface area contributed by atoms with Crippen molar-refractivity contribution in [3.05, 3.63) is 65.7 Å². The standard InChI is InChI=1S/C24H26N2O6S/c1-29-21-11-10-16(8-9-17-13-22(30-2)24(32-4)23(14-17)31-3)12-20(21)26-33(27,28)19-7-5-6-18(25)15-19/h5-15,26H,25H2,1-4H3/b9-8-. The number of sulfonamides is 1. The van der Waals surface area contributed by atoms with Crippen molar-refractivity contribution >= 4 is 33.6 Å². The lowest BCUT2D eigenvalue weighted by Crippen LogP contribution is -2.14. The van der Waals surface area contributed by atoms with E-state index in [-0.39, 0.29) is 4.90 Å². The van der Waals surface area contributed by atoms with Crippen LogP contribution < -0.4 is 29.4 Å². The van der Waals surface area contributed by atoms with Gasteiger partial charge in [-0.2, -0.15) is 0 Å². The SMILES string of the molecule is COc1ccc(/C=C\c2cc(OC)c(OC)c(OC)c2)cc1NS(=O)(=O)c1cccc(N)c1. The van der Waals surface area contributed by atoms with Crippen LogP contribution in [-0.2, 0) is 10.0 Å². The van der Waals surface area contributed by atoms with Crippen molar-refractivity contribution in [1.29, 1.82) is 0 Å². The van der Waals surface area contributed by atoms with Gasteiger partial charge in [-0.15, -0.1) is 0 Å². The Bertz CT molecular complexity index is 1250. The maximum Gasteiger partial charge on any atom is 0.262 e. The van der Waals surface area contributed by atoms with Crippen molar-refractivity contribution in [2.75, 3.05) is 38.9 Å². The van der Waals surface area contributed by atoms with E-state index in [4.69, 9.17) is 24.7 Å². The van der Waals surface area contributed by atoms with Crippen LogP contribution in [0.3, 0.4) is 0 Å². The van der Waals surface area contributed by atoms with Gasteiger partial charge in [0.2, 0.25) is 5.75 Å². The van der Waals surface area contributed by atoms with Crippen LogP contribution in [0, 0.1) is 0 Å². The van der Waals surface area contributed by atoms with Crippen molar-refractivity contribution in [2.24, 2.45) is 0 Å². The lowest BCUT2D eigenvalue weighted by Gasteiger charge is -2.13. The zero-order valence-electron chi connectivity index (χ0n) is 18.8. The molecule has 0 unspecified atom stereocenters. The highest BCUT2D eigenvalue weighted by Gasteiger charge is 2.17. The topological polar surface area (TPSA) is 109 Å². The zero-order valence-corrected chi connectivity index (χ0v) is 19.6. The predicted molar refractivity (Wildman–Crippen MR) is 130 cm³/mol. The van der Waals surface area contributed by atoms with Crippen LogP contribution in [0.4, 0.5) is 11.4 Å². The van der Waals surface area contributed by atoms with Crippen LogP contribution in [0.2, 0.25) is 0 Å². The highest BCUT2D eigenvalue weighted by Crippen LogP contribution is 2.38. The normalized spacial score (nSPS) is 11.3. The fourth-order valence-corrected chi connectivity index (χ4v) is 4.30. The molecule has 8 nitrogen and oxygen atoms in total. The molecule has 3 aromatic carbocycles. The Morgan fingerprint density at radius 2 is 1.39 bits per heavy atom. The van der Waals surface area contributed by atoms with Gasteiger partial charge in [0.05, 0.1) is 39.0 Å². The second kappa shape index (κ2) is 10.2. The molecular weight excluding hydrogens is 444 g/mol. The molecule has 33 heavy (non-hydrogen) atoms. The van der Waals surface area contributed by atoms with Crippen LogP contribution in [0.15, 0.2) is 59.5 Å². The third kappa shape index (κ3) is 5.50. The molecule has 0 fully saturated rings. The van der Waals surface area contributed by atoms with Crippen molar-refractivity contribution in [1.82, 2.24) is 0 Å². The molecule has 0 aliphatic rings. The third-order valence-electron chi connectivity index (χ3n) is 4.79. The Kier molecular flexibility index (Phi) is 7.34. The molecule has 0 aliphatic heterocycles. The first-order chi connectivity index (χ1) is 15.8. The van der Waals surface area contributed by atoms with Crippen LogP contribution in [0.25, 0.3) is 12.2 Å². The summed E-state index contributed by atoms with van der Waals surface area (Å²) in [5, 5.41) is 0. The molecule has 3 rings (SSSR count). The van der Waals surface area contributed by atoms with E-state index in [9.17, 15) is 8.42 Å². The Hall–Kier alpha value is -3.85. The summed E-state index contributed by atoms with van der Waals surface area (Å²) in [6, 6.07) is 14.9. The molecule has 0 amide bonds. The lowest BCUT2D eigenvalue weighted by molar-refractivity contribution is 0.324. The zero-order chi connectivity index (χ0) is 24.0. The minimum absolute atomic E-state index is 0.0583. The Morgan fingerprint density at radius 3 is 1.97 bits per heavy atom. The van der Waals surface area contributed by atoms with Crippen LogP contribution in [0.5, 0.6) is 23.0 Å². The molecule has 0 saturated carbocycles. The van der Waals surface area contributed by atoms with Gasteiger partial charge >= 0.3 is 0 Å². The number of benzene rings is 3. The quantitative estimate of drug-likeness (QED) is 0.355. The van der Waals surface area contributed by atoms with Crippen molar-refractivity contribution in [2.45, 2.75) is 4.90 Å². The summed E-state index contributed by atoms with van der Waals surface area (Å²) >= 11 is 0. The second-order valence-corrected chi connectivity index (χ2v) is 8.61. The minimum atomic E-state index is -3.86. The number of methoxy groups -OCH3 is 4. The summed E-state index contributed by atoms with van der Waals surface area (Å²) in [4.78, 5) is 0.0583. The van der Waals surface area contributed by atoms with E-state index >= 15 is 0 Å². The van der Waals surface area contributed by atoms with E-state index in [1.807, 2.05) is 30.4 Å². The molecule has 0 saturated heterocycles. The first-order valence-electron chi connectivity index (χ1n) is 9.85. The van der Waals surface area contributed by atoms with Gasteiger partial charge < -0.3 is 24.7 Å². The molecule has 9 heteroatoms. The van der Waals surface area contributed by atoms with E-state index in [0.717, 1.165) is 11.1 Å². The first-order valence-corrected chi connectivity index (χ1v) is 11.3.